The molecule has 0 bridgehead atoms. The number of aromatic amines is 1. The summed E-state index contributed by atoms with van der Waals surface area (Å²) >= 11 is 0. The van der Waals surface area contributed by atoms with E-state index in [1.54, 1.807) is 55.1 Å². The fourth-order valence-corrected chi connectivity index (χ4v) is 4.43. The predicted octanol–water partition coefficient (Wildman–Crippen LogP) is 4.25. The molecule has 1 amide bonds. The van der Waals surface area contributed by atoms with Gasteiger partial charge < -0.3 is 25.1 Å². The summed E-state index contributed by atoms with van der Waals surface area (Å²) in [4.78, 5) is 38.1. The summed E-state index contributed by atoms with van der Waals surface area (Å²) in [6.45, 7) is 0.861. The Labute approximate surface area is 240 Å². The number of carbonyl (C=O) groups is 1. The maximum atomic E-state index is 13.7. The third-order valence-electron chi connectivity index (χ3n) is 6.56. The topological polar surface area (TPSA) is 140 Å². The van der Waals surface area contributed by atoms with E-state index < -0.39 is 12.2 Å². The average molecular weight is 567 g/mol. The maximum absolute atomic E-state index is 13.7. The highest BCUT2D eigenvalue weighted by atomic mass is 19.1. The lowest BCUT2D eigenvalue weighted by Crippen LogP contribution is -2.39. The highest BCUT2D eigenvalue weighted by Gasteiger charge is 2.29. The molecular weight excluding hydrogens is 539 g/mol. The van der Waals surface area contributed by atoms with Gasteiger partial charge in [-0.05, 0) is 54.6 Å². The number of H-pyrrole nitrogens is 1. The molecule has 1 aromatic carbocycles. The summed E-state index contributed by atoms with van der Waals surface area (Å²) < 4.78 is 25.4. The van der Waals surface area contributed by atoms with Gasteiger partial charge >= 0.3 is 0 Å². The summed E-state index contributed by atoms with van der Waals surface area (Å²) in [5.74, 6) is 0.0197. The molecule has 11 nitrogen and oxygen atoms in total. The van der Waals surface area contributed by atoms with E-state index in [0.717, 1.165) is 5.69 Å². The first-order valence-electron chi connectivity index (χ1n) is 13.4. The van der Waals surface area contributed by atoms with Crippen LogP contribution in [0, 0.1) is 11.7 Å². The van der Waals surface area contributed by atoms with Gasteiger partial charge in [-0.3, -0.25) is 14.8 Å². The van der Waals surface area contributed by atoms with Gasteiger partial charge in [-0.2, -0.15) is 0 Å². The molecule has 1 aliphatic heterocycles. The SMILES string of the molecule is O=C(Nc1cccnc1)C1COC(Cc2nc(-c3ccc(F)cc3)c(-c3ccnc(NCc4ccccn4)n3)[nH]2)OC1. The number of halogens is 1. The van der Waals surface area contributed by atoms with Gasteiger partial charge in [0.05, 0.1) is 66.8 Å². The number of nitrogens with zero attached hydrogens (tertiary/aromatic N) is 5. The van der Waals surface area contributed by atoms with E-state index in [1.807, 2.05) is 18.2 Å². The number of hydrogen-bond donors (Lipinski definition) is 3. The lowest BCUT2D eigenvalue weighted by molar-refractivity contribution is -0.199. The standard InChI is InChI=1S/C30H27FN8O3/c31-21-8-6-19(7-9-21)27-28(24-10-13-34-30(37-24)35-16-22-4-1-2-12-33-22)39-25(38-27)14-26-41-17-20(18-42-26)29(40)36-23-5-3-11-32-15-23/h1-13,15,20,26H,14,16-18H2,(H,36,40)(H,38,39)(H,34,35,37). The number of hydrogen-bond acceptors (Lipinski definition) is 9. The van der Waals surface area contributed by atoms with E-state index in [9.17, 15) is 9.18 Å². The van der Waals surface area contributed by atoms with Crippen LogP contribution in [0.3, 0.4) is 0 Å². The molecule has 1 fully saturated rings. The number of rotatable bonds is 9. The highest BCUT2D eigenvalue weighted by molar-refractivity contribution is 5.92. The summed E-state index contributed by atoms with van der Waals surface area (Å²) in [5, 5.41) is 6.02. The summed E-state index contributed by atoms with van der Waals surface area (Å²) in [7, 11) is 0. The molecule has 0 spiro atoms. The van der Waals surface area contributed by atoms with E-state index >= 15 is 0 Å². The second-order valence-corrected chi connectivity index (χ2v) is 9.58. The molecule has 6 rings (SSSR count). The number of imidazole rings is 1. The number of benzene rings is 1. The molecule has 12 heteroatoms. The first-order valence-corrected chi connectivity index (χ1v) is 13.4. The number of carbonyl (C=O) groups excluding carboxylic acids is 1. The van der Waals surface area contributed by atoms with Crippen LogP contribution in [-0.4, -0.2) is 55.3 Å². The molecule has 1 saturated heterocycles. The van der Waals surface area contributed by atoms with Gasteiger partial charge in [-0.1, -0.05) is 6.07 Å². The monoisotopic (exact) mass is 566 g/mol. The molecule has 212 valence electrons. The Bertz CT molecular complexity index is 1630. The lowest BCUT2D eigenvalue weighted by Gasteiger charge is -2.28. The third kappa shape index (κ3) is 6.62. The van der Waals surface area contributed by atoms with Gasteiger partial charge in [0.1, 0.15) is 11.6 Å². The van der Waals surface area contributed by atoms with Gasteiger partial charge in [0.25, 0.3) is 0 Å². The van der Waals surface area contributed by atoms with Crippen molar-refractivity contribution in [3.05, 3.63) is 103 Å². The smallest absolute Gasteiger partial charge is 0.232 e. The molecule has 4 aromatic heterocycles. The molecule has 1 aliphatic rings. The number of ether oxygens (including phenoxy) is 2. The summed E-state index contributed by atoms with van der Waals surface area (Å²) in [5.41, 5.74) is 4.03. The first-order chi connectivity index (χ1) is 20.6. The molecule has 3 N–H and O–H groups in total. The van der Waals surface area contributed by atoms with Crippen molar-refractivity contribution in [2.24, 2.45) is 5.92 Å². The molecule has 0 saturated carbocycles. The van der Waals surface area contributed by atoms with Crippen molar-refractivity contribution in [1.29, 1.82) is 0 Å². The van der Waals surface area contributed by atoms with Crippen molar-refractivity contribution in [3.8, 4) is 22.6 Å². The van der Waals surface area contributed by atoms with Gasteiger partial charge in [-0.15, -0.1) is 0 Å². The number of amides is 1. The zero-order chi connectivity index (χ0) is 28.7. The minimum atomic E-state index is -0.603. The van der Waals surface area contributed by atoms with Crippen molar-refractivity contribution in [2.75, 3.05) is 23.8 Å². The second-order valence-electron chi connectivity index (χ2n) is 9.58. The van der Waals surface area contributed by atoms with E-state index in [2.05, 4.69) is 35.6 Å². The molecule has 0 unspecified atom stereocenters. The molecular formula is C30H27FN8O3. The van der Waals surface area contributed by atoms with Gasteiger partial charge in [-0.25, -0.2) is 19.3 Å². The van der Waals surface area contributed by atoms with E-state index in [-0.39, 0.29) is 24.9 Å². The zero-order valence-corrected chi connectivity index (χ0v) is 22.4. The minimum Gasteiger partial charge on any atom is -0.351 e. The van der Waals surface area contributed by atoms with Gasteiger partial charge in [0.2, 0.25) is 11.9 Å². The average Bonchev–Trinajstić information content (AvgIpc) is 3.45. The van der Waals surface area contributed by atoms with Crippen LogP contribution < -0.4 is 10.6 Å². The Morgan fingerprint density at radius 1 is 0.952 bits per heavy atom. The highest BCUT2D eigenvalue weighted by Crippen LogP contribution is 2.30. The molecule has 42 heavy (non-hydrogen) atoms. The largest absolute Gasteiger partial charge is 0.351 e. The van der Waals surface area contributed by atoms with Gasteiger partial charge in [0, 0.05) is 24.2 Å². The first kappa shape index (κ1) is 27.1. The second kappa shape index (κ2) is 12.6. The van der Waals surface area contributed by atoms with Crippen LogP contribution in [0.5, 0.6) is 0 Å². The Balaban J connectivity index is 1.17. The normalized spacial score (nSPS) is 16.6. The fourth-order valence-electron chi connectivity index (χ4n) is 4.43. The van der Waals surface area contributed by atoms with Crippen LogP contribution >= 0.6 is 0 Å². The van der Waals surface area contributed by atoms with Crippen LogP contribution in [0.1, 0.15) is 11.5 Å². The summed E-state index contributed by atoms with van der Waals surface area (Å²) in [6, 6.07) is 17.1. The van der Waals surface area contributed by atoms with Crippen LogP contribution in [0.15, 0.2) is 85.5 Å². The molecule has 0 atom stereocenters. The molecule has 0 aliphatic carbocycles. The third-order valence-corrected chi connectivity index (χ3v) is 6.56. The van der Waals surface area contributed by atoms with E-state index in [1.165, 1.54) is 12.1 Å². The molecule has 5 aromatic rings. The van der Waals surface area contributed by atoms with E-state index in [0.29, 0.717) is 53.1 Å². The molecule has 5 heterocycles. The Morgan fingerprint density at radius 2 is 1.81 bits per heavy atom. The van der Waals surface area contributed by atoms with Crippen molar-refractivity contribution in [2.45, 2.75) is 19.3 Å². The number of nitrogens with one attached hydrogen (secondary N) is 3. The predicted molar refractivity (Wildman–Crippen MR) is 152 cm³/mol. The van der Waals surface area contributed by atoms with E-state index in [4.69, 9.17) is 14.5 Å². The van der Waals surface area contributed by atoms with Crippen molar-refractivity contribution < 1.29 is 18.7 Å². The van der Waals surface area contributed by atoms with Crippen molar-refractivity contribution >= 4 is 17.5 Å². The summed E-state index contributed by atoms with van der Waals surface area (Å²) in [6.07, 6.45) is 6.30. The zero-order valence-electron chi connectivity index (χ0n) is 22.4. The van der Waals surface area contributed by atoms with Crippen LogP contribution in [-0.2, 0) is 27.2 Å². The number of aromatic nitrogens is 6. The Hall–Kier alpha value is -5.07. The minimum absolute atomic E-state index is 0.198. The van der Waals surface area contributed by atoms with Crippen LogP contribution in [0.4, 0.5) is 16.0 Å². The Kier molecular flexibility index (Phi) is 8.15. The number of anilines is 2. The lowest BCUT2D eigenvalue weighted by atomic mass is 10.1. The van der Waals surface area contributed by atoms with Gasteiger partial charge in [0.15, 0.2) is 6.29 Å². The maximum Gasteiger partial charge on any atom is 0.232 e. The fraction of sp³-hybridized carbons (Fsp3) is 0.200. The quantitative estimate of drug-likeness (QED) is 0.239. The number of pyridine rings is 2. The van der Waals surface area contributed by atoms with Crippen molar-refractivity contribution in [1.82, 2.24) is 29.9 Å². The Morgan fingerprint density at radius 3 is 2.57 bits per heavy atom. The van der Waals surface area contributed by atoms with Crippen LogP contribution in [0.2, 0.25) is 0 Å². The molecule has 0 radical (unpaired) electrons. The van der Waals surface area contributed by atoms with Crippen LogP contribution in [0.25, 0.3) is 22.6 Å². The van der Waals surface area contributed by atoms with Crippen molar-refractivity contribution in [3.63, 3.8) is 0 Å².